The SMILES string of the molecule is CCOC(=O)C(CCN1CCOCC1)c1ccc(C2(C(N)=O)CCOC2)cc1. The van der Waals surface area contributed by atoms with Crippen LogP contribution in [-0.4, -0.2) is 69.4 Å². The van der Waals surface area contributed by atoms with E-state index in [2.05, 4.69) is 4.90 Å². The van der Waals surface area contributed by atoms with Gasteiger partial charge in [0.1, 0.15) is 0 Å². The number of esters is 1. The molecule has 2 aliphatic rings. The highest BCUT2D eigenvalue weighted by Crippen LogP contribution is 2.34. The Hall–Kier alpha value is -1.96. The second-order valence-electron chi connectivity index (χ2n) is 7.42. The Kier molecular flexibility index (Phi) is 7.04. The van der Waals surface area contributed by atoms with Crippen LogP contribution in [-0.2, 0) is 29.2 Å². The number of nitrogens with two attached hydrogens (primary N) is 1. The zero-order chi connectivity index (χ0) is 20.0. The van der Waals surface area contributed by atoms with Crippen molar-refractivity contribution < 1.29 is 23.8 Å². The third-order valence-corrected chi connectivity index (χ3v) is 5.77. The normalized spacial score (nSPS) is 24.0. The molecule has 7 nitrogen and oxygen atoms in total. The lowest BCUT2D eigenvalue weighted by atomic mass is 9.78. The Balaban J connectivity index is 1.75. The molecule has 0 aromatic heterocycles. The Morgan fingerprint density at radius 1 is 1.18 bits per heavy atom. The fraction of sp³-hybridized carbons (Fsp3) is 0.619. The first kappa shape index (κ1) is 20.8. The number of benzene rings is 1. The number of primary amides is 1. The molecular formula is C21H30N2O5. The van der Waals surface area contributed by atoms with Crippen molar-refractivity contribution in [3.8, 4) is 0 Å². The van der Waals surface area contributed by atoms with Gasteiger partial charge in [-0.05, 0) is 37.4 Å². The van der Waals surface area contributed by atoms with Gasteiger partial charge in [0.15, 0.2) is 0 Å². The van der Waals surface area contributed by atoms with Crippen molar-refractivity contribution in [3.63, 3.8) is 0 Å². The molecule has 2 N–H and O–H groups in total. The fourth-order valence-electron chi connectivity index (χ4n) is 3.96. The molecule has 154 valence electrons. The average Bonchev–Trinajstić information content (AvgIpc) is 3.21. The van der Waals surface area contributed by atoms with E-state index in [4.69, 9.17) is 19.9 Å². The number of nitrogens with zero attached hydrogens (tertiary/aromatic N) is 1. The van der Waals surface area contributed by atoms with Crippen molar-refractivity contribution in [1.82, 2.24) is 4.90 Å². The van der Waals surface area contributed by atoms with E-state index >= 15 is 0 Å². The molecule has 1 aromatic carbocycles. The van der Waals surface area contributed by atoms with Crippen molar-refractivity contribution in [2.45, 2.75) is 31.1 Å². The van der Waals surface area contributed by atoms with Crippen molar-refractivity contribution in [3.05, 3.63) is 35.4 Å². The Morgan fingerprint density at radius 2 is 1.89 bits per heavy atom. The second-order valence-corrected chi connectivity index (χ2v) is 7.42. The maximum Gasteiger partial charge on any atom is 0.313 e. The third-order valence-electron chi connectivity index (χ3n) is 5.77. The van der Waals surface area contributed by atoms with Crippen LogP contribution in [0.25, 0.3) is 0 Å². The lowest BCUT2D eigenvalue weighted by molar-refractivity contribution is -0.145. The van der Waals surface area contributed by atoms with Crippen LogP contribution in [0.3, 0.4) is 0 Å². The van der Waals surface area contributed by atoms with E-state index in [1.54, 1.807) is 0 Å². The van der Waals surface area contributed by atoms with Crippen molar-refractivity contribution in [2.24, 2.45) is 5.73 Å². The number of morpholine rings is 1. The lowest BCUT2D eigenvalue weighted by Gasteiger charge is -2.28. The standard InChI is InChI=1S/C21H30N2O5/c1-2-28-19(24)18(7-9-23-10-13-26-14-11-23)16-3-5-17(6-4-16)21(20(22)25)8-12-27-15-21/h3-6,18H,2,7-15H2,1H3,(H2,22,25). The first-order valence-electron chi connectivity index (χ1n) is 10.0. The van der Waals surface area contributed by atoms with E-state index in [1.165, 1.54) is 0 Å². The summed E-state index contributed by atoms with van der Waals surface area (Å²) in [5.41, 5.74) is 6.64. The molecule has 0 aliphatic carbocycles. The Bertz CT molecular complexity index is 664. The summed E-state index contributed by atoms with van der Waals surface area (Å²) < 4.78 is 16.1. The molecule has 0 bridgehead atoms. The van der Waals surface area contributed by atoms with Gasteiger partial charge in [-0.25, -0.2) is 0 Å². The summed E-state index contributed by atoms with van der Waals surface area (Å²) in [4.78, 5) is 26.9. The molecule has 0 spiro atoms. The highest BCUT2D eigenvalue weighted by atomic mass is 16.5. The Morgan fingerprint density at radius 3 is 2.46 bits per heavy atom. The number of hydrogen-bond donors (Lipinski definition) is 1. The van der Waals surface area contributed by atoms with Crippen LogP contribution in [0.1, 0.15) is 36.8 Å². The molecule has 3 rings (SSSR count). The van der Waals surface area contributed by atoms with E-state index in [0.29, 0.717) is 32.7 Å². The van der Waals surface area contributed by atoms with Gasteiger partial charge in [-0.2, -0.15) is 0 Å². The van der Waals surface area contributed by atoms with E-state index in [1.807, 2.05) is 31.2 Å². The predicted octanol–water partition coefficient (Wildman–Crippen LogP) is 1.20. The van der Waals surface area contributed by atoms with Gasteiger partial charge >= 0.3 is 5.97 Å². The van der Waals surface area contributed by atoms with Crippen molar-refractivity contribution in [1.29, 1.82) is 0 Å². The monoisotopic (exact) mass is 390 g/mol. The predicted molar refractivity (Wildman–Crippen MR) is 104 cm³/mol. The summed E-state index contributed by atoms with van der Waals surface area (Å²) in [5.74, 6) is -0.912. The number of carbonyl (C=O) groups excluding carboxylic acids is 2. The second kappa shape index (κ2) is 9.49. The van der Waals surface area contributed by atoms with E-state index in [-0.39, 0.29) is 17.8 Å². The third kappa shape index (κ3) is 4.54. The van der Waals surface area contributed by atoms with Crippen LogP contribution >= 0.6 is 0 Å². The minimum Gasteiger partial charge on any atom is -0.466 e. The lowest BCUT2D eigenvalue weighted by Crippen LogP contribution is -2.41. The molecule has 28 heavy (non-hydrogen) atoms. The average molecular weight is 390 g/mol. The quantitative estimate of drug-likeness (QED) is 0.671. The molecule has 0 radical (unpaired) electrons. The van der Waals surface area contributed by atoms with Gasteiger partial charge in [0.25, 0.3) is 0 Å². The van der Waals surface area contributed by atoms with E-state index in [0.717, 1.165) is 44.0 Å². The topological polar surface area (TPSA) is 91.1 Å². The van der Waals surface area contributed by atoms with Crippen LogP contribution in [0.2, 0.25) is 0 Å². The molecule has 7 heteroatoms. The largest absolute Gasteiger partial charge is 0.466 e. The highest BCUT2D eigenvalue weighted by molar-refractivity contribution is 5.87. The van der Waals surface area contributed by atoms with Crippen LogP contribution < -0.4 is 5.73 Å². The molecule has 2 atom stereocenters. The first-order valence-corrected chi connectivity index (χ1v) is 10.0. The zero-order valence-electron chi connectivity index (χ0n) is 16.5. The molecular weight excluding hydrogens is 360 g/mol. The van der Waals surface area contributed by atoms with Gasteiger partial charge in [-0.15, -0.1) is 0 Å². The summed E-state index contributed by atoms with van der Waals surface area (Å²) in [6.45, 7) is 7.05. The minimum atomic E-state index is -0.772. The van der Waals surface area contributed by atoms with Gasteiger partial charge in [0, 0.05) is 19.7 Å². The number of amides is 1. The summed E-state index contributed by atoms with van der Waals surface area (Å²) in [7, 11) is 0. The summed E-state index contributed by atoms with van der Waals surface area (Å²) in [6, 6.07) is 7.63. The highest BCUT2D eigenvalue weighted by Gasteiger charge is 2.42. The van der Waals surface area contributed by atoms with Crippen molar-refractivity contribution >= 4 is 11.9 Å². The molecule has 2 fully saturated rings. The summed E-state index contributed by atoms with van der Waals surface area (Å²) in [6.07, 6.45) is 1.27. The van der Waals surface area contributed by atoms with Crippen LogP contribution in [0.5, 0.6) is 0 Å². The van der Waals surface area contributed by atoms with Crippen LogP contribution in [0.4, 0.5) is 0 Å². The van der Waals surface area contributed by atoms with Gasteiger partial charge in [-0.1, -0.05) is 24.3 Å². The molecule has 2 unspecified atom stereocenters. The molecule has 1 amide bonds. The number of hydrogen-bond acceptors (Lipinski definition) is 6. The van der Waals surface area contributed by atoms with Gasteiger partial charge < -0.3 is 19.9 Å². The fourth-order valence-corrected chi connectivity index (χ4v) is 3.96. The zero-order valence-corrected chi connectivity index (χ0v) is 16.5. The molecule has 0 saturated carbocycles. The Labute approximate surface area is 166 Å². The van der Waals surface area contributed by atoms with Crippen LogP contribution in [0, 0.1) is 0 Å². The summed E-state index contributed by atoms with van der Waals surface area (Å²) >= 11 is 0. The van der Waals surface area contributed by atoms with Gasteiger partial charge in [-0.3, -0.25) is 14.5 Å². The number of carbonyl (C=O) groups is 2. The molecule has 2 heterocycles. The maximum absolute atomic E-state index is 12.6. The van der Waals surface area contributed by atoms with Crippen LogP contribution in [0.15, 0.2) is 24.3 Å². The maximum atomic E-state index is 12.6. The van der Waals surface area contributed by atoms with Crippen molar-refractivity contribution in [2.75, 3.05) is 52.7 Å². The number of ether oxygens (including phenoxy) is 3. The molecule has 2 saturated heterocycles. The number of rotatable bonds is 8. The van der Waals surface area contributed by atoms with E-state index in [9.17, 15) is 9.59 Å². The van der Waals surface area contributed by atoms with Gasteiger partial charge in [0.2, 0.25) is 5.91 Å². The first-order chi connectivity index (χ1) is 13.6. The molecule has 2 aliphatic heterocycles. The smallest absolute Gasteiger partial charge is 0.313 e. The minimum absolute atomic E-state index is 0.211. The summed E-state index contributed by atoms with van der Waals surface area (Å²) in [5, 5.41) is 0. The van der Waals surface area contributed by atoms with Gasteiger partial charge in [0.05, 0.1) is 37.8 Å². The molecule has 1 aromatic rings. The van der Waals surface area contributed by atoms with E-state index < -0.39 is 5.41 Å².